The number of fused-ring (bicyclic) bond motifs is 1. The van der Waals surface area contributed by atoms with Gasteiger partial charge < -0.3 is 4.90 Å². The minimum Gasteiger partial charge on any atom is -0.348 e. The largest absolute Gasteiger partial charge is 0.348 e. The topological polar surface area (TPSA) is 29.0 Å². The SMILES string of the molecule is c1ccc2c(c1)CN(c1cc(C3CC3)ncn1)C2. The lowest BCUT2D eigenvalue weighted by atomic mass is 10.1. The highest BCUT2D eigenvalue weighted by Gasteiger charge is 2.26. The summed E-state index contributed by atoms with van der Waals surface area (Å²) in [6.45, 7) is 1.94. The maximum absolute atomic E-state index is 4.43. The molecule has 1 saturated carbocycles. The van der Waals surface area contributed by atoms with Gasteiger partial charge in [-0.3, -0.25) is 0 Å². The molecule has 3 heteroatoms. The van der Waals surface area contributed by atoms with Crippen LogP contribution in [0.25, 0.3) is 0 Å². The maximum Gasteiger partial charge on any atom is 0.132 e. The monoisotopic (exact) mass is 237 g/mol. The second kappa shape index (κ2) is 3.80. The Balaban J connectivity index is 1.63. The zero-order valence-electron chi connectivity index (χ0n) is 10.2. The first kappa shape index (κ1) is 10.1. The van der Waals surface area contributed by atoms with Gasteiger partial charge in [0.25, 0.3) is 0 Å². The van der Waals surface area contributed by atoms with Gasteiger partial charge in [-0.15, -0.1) is 0 Å². The van der Waals surface area contributed by atoms with Gasteiger partial charge in [0.2, 0.25) is 0 Å². The van der Waals surface area contributed by atoms with E-state index in [0.29, 0.717) is 5.92 Å². The van der Waals surface area contributed by atoms with Crippen LogP contribution in [-0.2, 0) is 13.1 Å². The van der Waals surface area contributed by atoms with Gasteiger partial charge in [-0.1, -0.05) is 24.3 Å². The van der Waals surface area contributed by atoms with E-state index in [1.165, 1.54) is 29.7 Å². The van der Waals surface area contributed by atoms with Crippen LogP contribution in [0.5, 0.6) is 0 Å². The third kappa shape index (κ3) is 1.67. The zero-order valence-corrected chi connectivity index (χ0v) is 10.2. The summed E-state index contributed by atoms with van der Waals surface area (Å²) in [7, 11) is 0. The highest BCUT2D eigenvalue weighted by Crippen LogP contribution is 2.40. The molecule has 4 rings (SSSR count). The summed E-state index contributed by atoms with van der Waals surface area (Å²) >= 11 is 0. The van der Waals surface area contributed by atoms with Crippen molar-refractivity contribution < 1.29 is 0 Å². The van der Waals surface area contributed by atoms with E-state index in [-0.39, 0.29) is 0 Å². The van der Waals surface area contributed by atoms with Crippen molar-refractivity contribution >= 4 is 5.82 Å². The number of benzene rings is 1. The van der Waals surface area contributed by atoms with Crippen molar-refractivity contribution in [3.8, 4) is 0 Å². The molecule has 1 aliphatic carbocycles. The van der Waals surface area contributed by atoms with Gasteiger partial charge in [0.15, 0.2) is 0 Å². The first-order chi connectivity index (χ1) is 8.90. The number of rotatable bonds is 2. The Morgan fingerprint density at radius 2 is 1.72 bits per heavy atom. The van der Waals surface area contributed by atoms with Gasteiger partial charge in [-0.05, 0) is 24.0 Å². The molecule has 1 aromatic carbocycles. The second-order valence-electron chi connectivity index (χ2n) is 5.20. The van der Waals surface area contributed by atoms with E-state index in [1.54, 1.807) is 6.33 Å². The molecule has 0 atom stereocenters. The molecule has 2 aliphatic rings. The highest BCUT2D eigenvalue weighted by molar-refractivity contribution is 5.47. The second-order valence-corrected chi connectivity index (χ2v) is 5.20. The van der Waals surface area contributed by atoms with E-state index in [2.05, 4.69) is 45.2 Å². The van der Waals surface area contributed by atoms with Crippen molar-refractivity contribution in [3.05, 3.63) is 53.5 Å². The lowest BCUT2D eigenvalue weighted by Crippen LogP contribution is -2.16. The molecule has 1 aromatic heterocycles. The average molecular weight is 237 g/mol. The molecule has 90 valence electrons. The molecule has 2 aromatic rings. The van der Waals surface area contributed by atoms with Gasteiger partial charge in [-0.2, -0.15) is 0 Å². The van der Waals surface area contributed by atoms with Crippen LogP contribution in [0.3, 0.4) is 0 Å². The van der Waals surface area contributed by atoms with Crippen molar-refractivity contribution in [3.63, 3.8) is 0 Å². The minimum absolute atomic E-state index is 0.691. The quantitative estimate of drug-likeness (QED) is 0.804. The summed E-state index contributed by atoms with van der Waals surface area (Å²) in [6.07, 6.45) is 4.29. The van der Waals surface area contributed by atoms with Crippen LogP contribution in [0.1, 0.15) is 35.6 Å². The predicted octanol–water partition coefficient (Wildman–Crippen LogP) is 2.87. The molecule has 0 spiro atoms. The highest BCUT2D eigenvalue weighted by atomic mass is 15.2. The average Bonchev–Trinajstić information content (AvgIpc) is 3.18. The third-order valence-electron chi connectivity index (χ3n) is 3.83. The number of aromatic nitrogens is 2. The lowest BCUT2D eigenvalue weighted by molar-refractivity contribution is 0.841. The molecule has 1 aliphatic heterocycles. The fourth-order valence-electron chi connectivity index (χ4n) is 2.63. The summed E-state index contributed by atoms with van der Waals surface area (Å²) in [6, 6.07) is 10.8. The van der Waals surface area contributed by atoms with Crippen LogP contribution in [-0.4, -0.2) is 9.97 Å². The number of nitrogens with zero attached hydrogens (tertiary/aromatic N) is 3. The molecule has 0 radical (unpaired) electrons. The maximum atomic E-state index is 4.43. The van der Waals surface area contributed by atoms with Crippen molar-refractivity contribution in [1.29, 1.82) is 0 Å². The van der Waals surface area contributed by atoms with Gasteiger partial charge >= 0.3 is 0 Å². The van der Waals surface area contributed by atoms with Crippen molar-refractivity contribution in [2.45, 2.75) is 31.8 Å². The standard InChI is InChI=1S/C15H15N3/c1-2-4-13-9-18(8-12(13)3-1)15-7-14(11-5-6-11)16-10-17-15/h1-4,7,10-11H,5-6,8-9H2. The molecule has 0 unspecified atom stereocenters. The summed E-state index contributed by atoms with van der Waals surface area (Å²) in [5.41, 5.74) is 4.06. The van der Waals surface area contributed by atoms with E-state index < -0.39 is 0 Å². The molecule has 0 saturated heterocycles. The zero-order chi connectivity index (χ0) is 11.9. The van der Waals surface area contributed by atoms with Crippen LogP contribution >= 0.6 is 0 Å². The number of hydrogen-bond acceptors (Lipinski definition) is 3. The first-order valence-corrected chi connectivity index (χ1v) is 6.54. The van der Waals surface area contributed by atoms with Crippen LogP contribution in [0.2, 0.25) is 0 Å². The summed E-state index contributed by atoms with van der Waals surface area (Å²) in [5, 5.41) is 0. The van der Waals surface area contributed by atoms with Crippen LogP contribution in [0.4, 0.5) is 5.82 Å². The van der Waals surface area contributed by atoms with Crippen LogP contribution in [0, 0.1) is 0 Å². The molecule has 1 fully saturated rings. The lowest BCUT2D eigenvalue weighted by Gasteiger charge is -2.16. The third-order valence-corrected chi connectivity index (χ3v) is 3.83. The predicted molar refractivity (Wildman–Crippen MR) is 70.3 cm³/mol. The molecule has 0 amide bonds. The molecule has 0 N–H and O–H groups in total. The van der Waals surface area contributed by atoms with E-state index >= 15 is 0 Å². The Kier molecular flexibility index (Phi) is 2.13. The van der Waals surface area contributed by atoms with Crippen molar-refractivity contribution in [1.82, 2.24) is 9.97 Å². The van der Waals surface area contributed by atoms with Gasteiger partial charge in [-0.25, -0.2) is 9.97 Å². The number of anilines is 1. The smallest absolute Gasteiger partial charge is 0.132 e. The van der Waals surface area contributed by atoms with Crippen molar-refractivity contribution in [2.24, 2.45) is 0 Å². The Morgan fingerprint density at radius 1 is 1.00 bits per heavy atom. The Hall–Kier alpha value is -1.90. The molecular formula is C15H15N3. The summed E-state index contributed by atoms with van der Waals surface area (Å²) in [5.74, 6) is 1.76. The molecule has 0 bridgehead atoms. The summed E-state index contributed by atoms with van der Waals surface area (Å²) < 4.78 is 0. The normalized spacial score (nSPS) is 17.9. The summed E-state index contributed by atoms with van der Waals surface area (Å²) in [4.78, 5) is 11.1. The van der Waals surface area contributed by atoms with Crippen LogP contribution < -0.4 is 4.90 Å². The number of hydrogen-bond donors (Lipinski definition) is 0. The van der Waals surface area contributed by atoms with Gasteiger partial charge in [0.1, 0.15) is 12.1 Å². The van der Waals surface area contributed by atoms with Crippen molar-refractivity contribution in [2.75, 3.05) is 4.90 Å². The molecular weight excluding hydrogens is 222 g/mol. The van der Waals surface area contributed by atoms with Gasteiger partial charge in [0.05, 0.1) is 0 Å². The molecule has 2 heterocycles. The first-order valence-electron chi connectivity index (χ1n) is 6.54. The fraction of sp³-hybridized carbons (Fsp3) is 0.333. The molecule has 18 heavy (non-hydrogen) atoms. The van der Waals surface area contributed by atoms with Crippen LogP contribution in [0.15, 0.2) is 36.7 Å². The van der Waals surface area contributed by atoms with E-state index in [4.69, 9.17) is 0 Å². The Morgan fingerprint density at radius 3 is 2.39 bits per heavy atom. The van der Waals surface area contributed by atoms with E-state index in [9.17, 15) is 0 Å². The Labute approximate surface area is 107 Å². The Bertz CT molecular complexity index is 565. The minimum atomic E-state index is 0.691. The van der Waals surface area contributed by atoms with E-state index in [1.807, 2.05) is 0 Å². The van der Waals surface area contributed by atoms with E-state index in [0.717, 1.165) is 18.9 Å². The van der Waals surface area contributed by atoms with Gasteiger partial charge in [0, 0.05) is 30.8 Å². The molecule has 3 nitrogen and oxygen atoms in total. The fourth-order valence-corrected chi connectivity index (χ4v) is 2.63.